The average Bonchev–Trinajstić information content (AvgIpc) is 2.46. The lowest BCUT2D eigenvalue weighted by molar-refractivity contribution is 0.209. The molecule has 1 aliphatic heterocycles. The molecule has 19 heavy (non-hydrogen) atoms. The second-order valence-corrected chi connectivity index (χ2v) is 5.48. The fraction of sp³-hybridized carbons (Fsp3) is 0.533. The van der Waals surface area contributed by atoms with Crippen LogP contribution in [0, 0.1) is 11.3 Å². The number of hydrogen-bond donors (Lipinski definition) is 0. The number of hydrogen-bond acceptors (Lipinski definition) is 3. The Morgan fingerprint density at radius 1 is 1.26 bits per heavy atom. The van der Waals surface area contributed by atoms with Crippen molar-refractivity contribution < 1.29 is 0 Å². The van der Waals surface area contributed by atoms with Gasteiger partial charge in [0.1, 0.15) is 6.07 Å². The molecule has 1 aliphatic rings. The molecule has 0 spiro atoms. The fourth-order valence-electron chi connectivity index (χ4n) is 2.51. The highest BCUT2D eigenvalue weighted by molar-refractivity contribution is 6.17. The van der Waals surface area contributed by atoms with Crippen molar-refractivity contribution in [1.29, 1.82) is 5.26 Å². The molecule has 2 rings (SSSR count). The molecule has 0 radical (unpaired) electrons. The Bertz CT molecular complexity index is 471. The van der Waals surface area contributed by atoms with Crippen LogP contribution < -0.4 is 4.90 Å². The van der Waals surface area contributed by atoms with Crippen LogP contribution in [-0.4, -0.2) is 37.1 Å². The Hall–Kier alpha value is -1.24. The molecule has 1 saturated heterocycles. The summed E-state index contributed by atoms with van der Waals surface area (Å²) in [5, 5.41) is 9.28. The summed E-state index contributed by atoms with van der Waals surface area (Å²) >= 11 is 5.82. The Morgan fingerprint density at radius 3 is 2.47 bits per heavy atom. The Morgan fingerprint density at radius 2 is 1.95 bits per heavy atom. The normalized spacial score (nSPS) is 16.7. The van der Waals surface area contributed by atoms with E-state index >= 15 is 0 Å². The quantitative estimate of drug-likeness (QED) is 0.796. The van der Waals surface area contributed by atoms with Crippen molar-refractivity contribution in [3.05, 3.63) is 29.3 Å². The monoisotopic (exact) mass is 277 g/mol. The van der Waals surface area contributed by atoms with Crippen LogP contribution in [0.3, 0.4) is 0 Å². The molecular formula is C15H20ClN3. The topological polar surface area (TPSA) is 30.3 Å². The molecule has 0 saturated carbocycles. The first-order chi connectivity index (χ1) is 9.15. The van der Waals surface area contributed by atoms with Crippen LogP contribution in [0.15, 0.2) is 18.2 Å². The highest BCUT2D eigenvalue weighted by Gasteiger charge is 2.20. The largest absolute Gasteiger partial charge is 0.368 e. The predicted molar refractivity (Wildman–Crippen MR) is 79.6 cm³/mol. The summed E-state index contributed by atoms with van der Waals surface area (Å²) in [6, 6.07) is 8.82. The zero-order chi connectivity index (χ0) is 13.8. The molecule has 4 heteroatoms. The van der Waals surface area contributed by atoms with Gasteiger partial charge in [-0.15, -0.1) is 11.6 Å². The Kier molecular flexibility index (Phi) is 4.68. The maximum Gasteiger partial charge on any atom is 0.101 e. The molecular weight excluding hydrogens is 258 g/mol. The van der Waals surface area contributed by atoms with E-state index < -0.39 is 0 Å². The minimum atomic E-state index is 0.454. The maximum atomic E-state index is 9.28. The second kappa shape index (κ2) is 6.27. The third-order valence-corrected chi connectivity index (χ3v) is 4.03. The molecule has 0 bridgehead atoms. The van der Waals surface area contributed by atoms with Gasteiger partial charge in [0.15, 0.2) is 0 Å². The minimum Gasteiger partial charge on any atom is -0.368 e. The van der Waals surface area contributed by atoms with Crippen molar-refractivity contribution in [3.8, 4) is 6.07 Å². The average molecular weight is 278 g/mol. The van der Waals surface area contributed by atoms with Crippen molar-refractivity contribution in [1.82, 2.24) is 4.90 Å². The molecule has 1 heterocycles. The summed E-state index contributed by atoms with van der Waals surface area (Å²) in [6.07, 6.45) is 0. The van der Waals surface area contributed by atoms with E-state index in [1.54, 1.807) is 0 Å². The number of anilines is 1. The highest BCUT2D eigenvalue weighted by Crippen LogP contribution is 2.23. The Balaban J connectivity index is 2.13. The smallest absolute Gasteiger partial charge is 0.101 e. The van der Waals surface area contributed by atoms with Gasteiger partial charge in [-0.2, -0.15) is 5.26 Å². The molecule has 1 aromatic rings. The van der Waals surface area contributed by atoms with Crippen LogP contribution in [0.1, 0.15) is 25.0 Å². The summed E-state index contributed by atoms with van der Waals surface area (Å²) in [5.74, 6) is 0.454. The molecule has 102 valence electrons. The first-order valence-electron chi connectivity index (χ1n) is 6.73. The van der Waals surface area contributed by atoms with E-state index in [0.717, 1.165) is 43.0 Å². The second-order valence-electron chi connectivity index (χ2n) is 5.21. The van der Waals surface area contributed by atoms with Crippen LogP contribution >= 0.6 is 11.6 Å². The fourth-order valence-corrected chi connectivity index (χ4v) is 2.68. The molecule has 0 unspecified atom stereocenters. The van der Waals surface area contributed by atoms with Gasteiger partial charge in [0.05, 0.1) is 11.3 Å². The van der Waals surface area contributed by atoms with Crippen molar-refractivity contribution in [3.63, 3.8) is 0 Å². The number of halogens is 1. The predicted octanol–water partition coefficient (Wildman–Crippen LogP) is 2.83. The van der Waals surface area contributed by atoms with Gasteiger partial charge in [0, 0.05) is 38.1 Å². The molecule has 3 nitrogen and oxygen atoms in total. The van der Waals surface area contributed by atoms with Crippen LogP contribution in [-0.2, 0) is 5.88 Å². The first-order valence-corrected chi connectivity index (χ1v) is 7.27. The Labute approximate surface area is 120 Å². The number of nitrogens with zero attached hydrogens (tertiary/aromatic N) is 3. The van der Waals surface area contributed by atoms with Crippen molar-refractivity contribution >= 4 is 17.3 Å². The van der Waals surface area contributed by atoms with E-state index in [4.69, 9.17) is 11.6 Å². The first kappa shape index (κ1) is 14.2. The van der Waals surface area contributed by atoms with Gasteiger partial charge in [-0.25, -0.2) is 0 Å². The molecule has 0 atom stereocenters. The number of alkyl halides is 1. The van der Waals surface area contributed by atoms with Gasteiger partial charge >= 0.3 is 0 Å². The molecule has 0 N–H and O–H groups in total. The third kappa shape index (κ3) is 3.20. The van der Waals surface area contributed by atoms with E-state index in [1.165, 1.54) is 0 Å². The molecule has 1 aromatic carbocycles. The molecule has 0 amide bonds. The molecule has 0 aliphatic carbocycles. The van der Waals surface area contributed by atoms with E-state index in [9.17, 15) is 5.26 Å². The number of nitriles is 1. The summed E-state index contributed by atoms with van der Waals surface area (Å²) in [5.41, 5.74) is 2.78. The van der Waals surface area contributed by atoms with Gasteiger partial charge in [-0.1, -0.05) is 6.07 Å². The van der Waals surface area contributed by atoms with Gasteiger partial charge < -0.3 is 4.90 Å². The van der Waals surface area contributed by atoms with Crippen LogP contribution in [0.25, 0.3) is 0 Å². The number of rotatable bonds is 3. The van der Waals surface area contributed by atoms with E-state index in [0.29, 0.717) is 11.9 Å². The zero-order valence-electron chi connectivity index (χ0n) is 11.6. The van der Waals surface area contributed by atoms with Crippen LogP contribution in [0.2, 0.25) is 0 Å². The lowest BCUT2D eigenvalue weighted by atomic mass is 10.1. The van der Waals surface area contributed by atoms with E-state index in [2.05, 4.69) is 29.7 Å². The summed E-state index contributed by atoms with van der Waals surface area (Å²) in [7, 11) is 0. The van der Waals surface area contributed by atoms with Gasteiger partial charge in [-0.05, 0) is 31.5 Å². The molecule has 0 aromatic heterocycles. The minimum absolute atomic E-state index is 0.454. The summed E-state index contributed by atoms with van der Waals surface area (Å²) < 4.78 is 0. The standard InChI is InChI=1S/C15H20ClN3/c1-12(2)18-5-7-19(8-6-18)15-4-3-13(10-16)9-14(15)11-17/h3-4,9,12H,5-8,10H2,1-2H3. The zero-order valence-corrected chi connectivity index (χ0v) is 12.3. The van der Waals surface area contributed by atoms with E-state index in [-0.39, 0.29) is 0 Å². The summed E-state index contributed by atoms with van der Waals surface area (Å²) in [6.45, 7) is 8.52. The van der Waals surface area contributed by atoms with Crippen molar-refractivity contribution in [2.24, 2.45) is 0 Å². The highest BCUT2D eigenvalue weighted by atomic mass is 35.5. The van der Waals surface area contributed by atoms with Crippen LogP contribution in [0.5, 0.6) is 0 Å². The van der Waals surface area contributed by atoms with Crippen molar-refractivity contribution in [2.45, 2.75) is 25.8 Å². The van der Waals surface area contributed by atoms with Gasteiger partial charge in [-0.3, -0.25) is 4.90 Å². The number of benzene rings is 1. The lowest BCUT2D eigenvalue weighted by Crippen LogP contribution is -2.49. The van der Waals surface area contributed by atoms with Gasteiger partial charge in [0.25, 0.3) is 0 Å². The maximum absolute atomic E-state index is 9.28. The summed E-state index contributed by atoms with van der Waals surface area (Å²) in [4.78, 5) is 4.77. The van der Waals surface area contributed by atoms with Gasteiger partial charge in [0.2, 0.25) is 0 Å². The molecule has 1 fully saturated rings. The van der Waals surface area contributed by atoms with Crippen LogP contribution in [0.4, 0.5) is 5.69 Å². The third-order valence-electron chi connectivity index (χ3n) is 3.72. The lowest BCUT2D eigenvalue weighted by Gasteiger charge is -2.38. The number of piperazine rings is 1. The van der Waals surface area contributed by atoms with E-state index in [1.807, 2.05) is 18.2 Å². The SMILES string of the molecule is CC(C)N1CCN(c2ccc(CCl)cc2C#N)CC1. The van der Waals surface area contributed by atoms with Crippen molar-refractivity contribution in [2.75, 3.05) is 31.1 Å².